The largest absolute Gasteiger partial charge is 0.335 e. The average Bonchev–Trinajstić information content (AvgIpc) is 2.66. The molecule has 3 nitrogen and oxygen atoms in total. The lowest BCUT2D eigenvalue weighted by Crippen LogP contribution is -2.47. The van der Waals surface area contributed by atoms with E-state index in [1.165, 1.54) is 12.8 Å². The zero-order valence-electron chi connectivity index (χ0n) is 10.2. The summed E-state index contributed by atoms with van der Waals surface area (Å²) in [5.74, 6) is 0.504. The summed E-state index contributed by atoms with van der Waals surface area (Å²) in [6.45, 7) is 6.40. The lowest BCUT2D eigenvalue weighted by atomic mass is 10.0. The van der Waals surface area contributed by atoms with E-state index in [1.807, 2.05) is 0 Å². The highest BCUT2D eigenvalue weighted by Crippen LogP contribution is 2.17. The van der Waals surface area contributed by atoms with Gasteiger partial charge in [0.05, 0.1) is 0 Å². The van der Waals surface area contributed by atoms with E-state index in [0.29, 0.717) is 18.0 Å². The van der Waals surface area contributed by atoms with Crippen molar-refractivity contribution in [3.05, 3.63) is 0 Å². The average molecular weight is 212 g/mol. The maximum absolute atomic E-state index is 11.7. The number of hydrogen-bond acceptors (Lipinski definition) is 1. The fourth-order valence-corrected chi connectivity index (χ4v) is 2.21. The molecule has 1 rings (SSSR count). The van der Waals surface area contributed by atoms with Gasteiger partial charge in [0.15, 0.2) is 0 Å². The van der Waals surface area contributed by atoms with E-state index >= 15 is 0 Å². The van der Waals surface area contributed by atoms with E-state index in [9.17, 15) is 4.79 Å². The lowest BCUT2D eigenvalue weighted by molar-refractivity contribution is 0.228. The van der Waals surface area contributed by atoms with Crippen LogP contribution in [0, 0.1) is 5.92 Å². The van der Waals surface area contributed by atoms with Crippen LogP contribution >= 0.6 is 0 Å². The van der Waals surface area contributed by atoms with Crippen molar-refractivity contribution in [2.75, 3.05) is 0 Å². The van der Waals surface area contributed by atoms with Gasteiger partial charge in [-0.25, -0.2) is 4.79 Å². The summed E-state index contributed by atoms with van der Waals surface area (Å²) in [6.07, 6.45) is 5.80. The summed E-state index contributed by atoms with van der Waals surface area (Å²) in [5.41, 5.74) is 0. The van der Waals surface area contributed by atoms with Crippen molar-refractivity contribution in [1.29, 1.82) is 0 Å². The highest BCUT2D eigenvalue weighted by atomic mass is 16.2. The second kappa shape index (κ2) is 5.99. The lowest BCUT2D eigenvalue weighted by Gasteiger charge is -2.22. The Kier molecular flexibility index (Phi) is 4.92. The SMILES string of the molecule is CCC(NC(=O)NC1CCCC1)C(C)C. The van der Waals surface area contributed by atoms with Crippen LogP contribution in [0.2, 0.25) is 0 Å². The summed E-state index contributed by atoms with van der Waals surface area (Å²) in [4.78, 5) is 11.7. The molecular weight excluding hydrogens is 188 g/mol. The second-order valence-electron chi connectivity index (χ2n) is 4.86. The van der Waals surface area contributed by atoms with Gasteiger partial charge in [-0.2, -0.15) is 0 Å². The van der Waals surface area contributed by atoms with Crippen LogP contribution in [0.15, 0.2) is 0 Å². The summed E-state index contributed by atoms with van der Waals surface area (Å²) in [7, 11) is 0. The standard InChI is InChI=1S/C12H24N2O/c1-4-11(9(2)3)14-12(15)13-10-7-5-6-8-10/h9-11H,4-8H2,1-3H3,(H2,13,14,15). The molecule has 0 aromatic heterocycles. The minimum Gasteiger partial charge on any atom is -0.335 e. The van der Waals surface area contributed by atoms with E-state index in [-0.39, 0.29) is 6.03 Å². The van der Waals surface area contributed by atoms with Crippen LogP contribution in [0.5, 0.6) is 0 Å². The van der Waals surface area contributed by atoms with E-state index in [1.54, 1.807) is 0 Å². The molecule has 0 aromatic rings. The first-order chi connectivity index (χ1) is 7.13. The quantitative estimate of drug-likeness (QED) is 0.739. The van der Waals surface area contributed by atoms with Crippen molar-refractivity contribution in [3.63, 3.8) is 0 Å². The first kappa shape index (κ1) is 12.3. The van der Waals surface area contributed by atoms with Gasteiger partial charge in [-0.15, -0.1) is 0 Å². The minimum absolute atomic E-state index is 0.0162. The van der Waals surface area contributed by atoms with Gasteiger partial charge in [-0.3, -0.25) is 0 Å². The molecule has 15 heavy (non-hydrogen) atoms. The first-order valence-electron chi connectivity index (χ1n) is 6.20. The van der Waals surface area contributed by atoms with Crippen molar-refractivity contribution >= 4 is 6.03 Å². The predicted octanol–water partition coefficient (Wildman–Crippen LogP) is 2.66. The molecule has 0 radical (unpaired) electrons. The molecule has 3 heteroatoms. The Labute approximate surface area is 93.0 Å². The number of rotatable bonds is 4. The van der Waals surface area contributed by atoms with Crippen LogP contribution in [0.3, 0.4) is 0 Å². The van der Waals surface area contributed by atoms with Crippen molar-refractivity contribution in [1.82, 2.24) is 10.6 Å². The Hall–Kier alpha value is -0.730. The highest BCUT2D eigenvalue weighted by Gasteiger charge is 2.19. The van der Waals surface area contributed by atoms with Crippen molar-refractivity contribution in [3.8, 4) is 0 Å². The van der Waals surface area contributed by atoms with E-state index < -0.39 is 0 Å². The van der Waals surface area contributed by atoms with Gasteiger partial charge in [0.2, 0.25) is 0 Å². The molecule has 1 atom stereocenters. The Morgan fingerprint density at radius 3 is 2.40 bits per heavy atom. The molecule has 0 spiro atoms. The fraction of sp³-hybridized carbons (Fsp3) is 0.917. The molecule has 0 heterocycles. The Morgan fingerprint density at radius 2 is 1.93 bits per heavy atom. The summed E-state index contributed by atoms with van der Waals surface area (Å²) in [6, 6.07) is 0.725. The monoisotopic (exact) mass is 212 g/mol. The zero-order chi connectivity index (χ0) is 11.3. The van der Waals surface area contributed by atoms with Crippen molar-refractivity contribution < 1.29 is 4.79 Å². The molecule has 2 N–H and O–H groups in total. The van der Waals surface area contributed by atoms with Crippen LogP contribution < -0.4 is 10.6 Å². The van der Waals surface area contributed by atoms with Crippen LogP contribution in [-0.2, 0) is 0 Å². The van der Waals surface area contributed by atoms with Crippen LogP contribution in [0.1, 0.15) is 52.9 Å². The van der Waals surface area contributed by atoms with Crippen molar-refractivity contribution in [2.45, 2.75) is 65.0 Å². The number of carbonyl (C=O) groups excluding carboxylic acids is 1. The van der Waals surface area contributed by atoms with Gasteiger partial charge >= 0.3 is 6.03 Å². The maximum Gasteiger partial charge on any atom is 0.315 e. The molecular formula is C12H24N2O. The van der Waals surface area contributed by atoms with Gasteiger partial charge in [-0.05, 0) is 25.2 Å². The molecule has 0 bridgehead atoms. The van der Waals surface area contributed by atoms with E-state index in [4.69, 9.17) is 0 Å². The predicted molar refractivity (Wildman–Crippen MR) is 62.8 cm³/mol. The third kappa shape index (κ3) is 4.10. The van der Waals surface area contributed by atoms with Gasteiger partial charge < -0.3 is 10.6 Å². The first-order valence-corrected chi connectivity index (χ1v) is 6.20. The van der Waals surface area contributed by atoms with Crippen LogP contribution in [0.25, 0.3) is 0 Å². The summed E-state index contributed by atoms with van der Waals surface area (Å²) in [5, 5.41) is 6.09. The third-order valence-corrected chi connectivity index (χ3v) is 3.25. The smallest absolute Gasteiger partial charge is 0.315 e. The topological polar surface area (TPSA) is 41.1 Å². The van der Waals surface area contributed by atoms with Gasteiger partial charge in [0.1, 0.15) is 0 Å². The molecule has 0 aliphatic heterocycles. The molecule has 88 valence electrons. The van der Waals surface area contributed by atoms with Crippen molar-refractivity contribution in [2.24, 2.45) is 5.92 Å². The number of carbonyl (C=O) groups is 1. The van der Waals surface area contributed by atoms with Gasteiger partial charge in [0, 0.05) is 12.1 Å². The molecule has 1 saturated carbocycles. The molecule has 1 unspecified atom stereocenters. The zero-order valence-corrected chi connectivity index (χ0v) is 10.2. The maximum atomic E-state index is 11.7. The molecule has 1 aliphatic carbocycles. The summed E-state index contributed by atoms with van der Waals surface area (Å²) < 4.78 is 0. The normalized spacial score (nSPS) is 19.2. The number of urea groups is 1. The van der Waals surface area contributed by atoms with Crippen LogP contribution in [0.4, 0.5) is 4.79 Å². The number of amides is 2. The van der Waals surface area contributed by atoms with Gasteiger partial charge in [-0.1, -0.05) is 33.6 Å². The molecule has 1 aliphatic rings. The highest BCUT2D eigenvalue weighted by molar-refractivity contribution is 5.74. The Balaban J connectivity index is 2.27. The Morgan fingerprint density at radius 1 is 1.33 bits per heavy atom. The second-order valence-corrected chi connectivity index (χ2v) is 4.86. The van der Waals surface area contributed by atoms with Gasteiger partial charge in [0.25, 0.3) is 0 Å². The number of hydrogen-bond donors (Lipinski definition) is 2. The minimum atomic E-state index is 0.0162. The Bertz CT molecular complexity index is 198. The van der Waals surface area contributed by atoms with E-state index in [2.05, 4.69) is 31.4 Å². The third-order valence-electron chi connectivity index (χ3n) is 3.25. The summed E-state index contributed by atoms with van der Waals surface area (Å²) >= 11 is 0. The van der Waals surface area contributed by atoms with Crippen LogP contribution in [-0.4, -0.2) is 18.1 Å². The molecule has 0 saturated heterocycles. The van der Waals surface area contributed by atoms with E-state index in [0.717, 1.165) is 19.3 Å². The number of nitrogens with one attached hydrogen (secondary N) is 2. The molecule has 0 aromatic carbocycles. The fourth-order valence-electron chi connectivity index (χ4n) is 2.21. The molecule has 1 fully saturated rings. The molecule has 2 amide bonds.